The molecule has 0 aromatic heterocycles. The first-order chi connectivity index (χ1) is 9.28. The van der Waals surface area contributed by atoms with Gasteiger partial charge in [0.2, 0.25) is 19.1 Å². The van der Waals surface area contributed by atoms with Gasteiger partial charge in [0.15, 0.2) is 0 Å². The van der Waals surface area contributed by atoms with Gasteiger partial charge in [-0.1, -0.05) is 12.1 Å². The molecule has 1 aromatic rings. The molecule has 1 fully saturated rings. The van der Waals surface area contributed by atoms with Crippen LogP contribution in [0.2, 0.25) is 0 Å². The van der Waals surface area contributed by atoms with E-state index in [4.69, 9.17) is 10.7 Å². The molecule has 0 aliphatic heterocycles. The van der Waals surface area contributed by atoms with Crippen molar-refractivity contribution in [3.8, 4) is 0 Å². The quantitative estimate of drug-likeness (QED) is 0.595. The summed E-state index contributed by atoms with van der Waals surface area (Å²) in [5, 5.41) is 0. The Hall–Kier alpha value is -0.280. The van der Waals surface area contributed by atoms with Gasteiger partial charge in [0, 0.05) is 27.4 Å². The molecule has 0 atom stereocenters. The van der Waals surface area contributed by atoms with Crippen molar-refractivity contribution < 1.29 is 16.8 Å². The van der Waals surface area contributed by atoms with Crippen LogP contribution in [0.25, 0.3) is 0 Å². The van der Waals surface area contributed by atoms with Gasteiger partial charge < -0.3 is 0 Å². The van der Waals surface area contributed by atoms with Gasteiger partial charge in [0.25, 0.3) is 0 Å². The molecule has 0 spiro atoms. The van der Waals surface area contributed by atoms with E-state index >= 15 is 0 Å². The molecule has 0 bridgehead atoms. The zero-order valence-corrected chi connectivity index (χ0v) is 13.7. The number of sulfonamides is 1. The van der Waals surface area contributed by atoms with E-state index in [0.717, 1.165) is 12.8 Å². The maximum Gasteiger partial charge on any atom is 0.241 e. The highest BCUT2D eigenvalue weighted by Gasteiger charge is 2.29. The Bertz CT molecular complexity index is 683. The standard InChI is InChI=1S/C11H14ClNO4S3/c12-19(14,15)8-7-18-10-3-1-2-4-11(10)20(16,17)13-9-5-6-9/h1-4,9,13H,5-8H2. The zero-order chi connectivity index (χ0) is 14.8. The molecule has 0 amide bonds. The van der Waals surface area contributed by atoms with Crippen molar-refractivity contribution in [2.45, 2.75) is 28.7 Å². The molecular weight excluding hydrogens is 342 g/mol. The average Bonchev–Trinajstić information content (AvgIpc) is 3.11. The van der Waals surface area contributed by atoms with Crippen molar-refractivity contribution in [3.63, 3.8) is 0 Å². The number of nitrogens with one attached hydrogen (secondary N) is 1. The molecular formula is C11H14ClNO4S3. The Labute approximate surface area is 127 Å². The Morgan fingerprint density at radius 1 is 1.20 bits per heavy atom. The second-order valence-corrected chi connectivity index (χ2v) is 10.1. The van der Waals surface area contributed by atoms with Crippen molar-refractivity contribution in [3.05, 3.63) is 24.3 Å². The van der Waals surface area contributed by atoms with E-state index in [-0.39, 0.29) is 22.4 Å². The fraction of sp³-hybridized carbons (Fsp3) is 0.455. The summed E-state index contributed by atoms with van der Waals surface area (Å²) in [5.74, 6) is 0.00541. The van der Waals surface area contributed by atoms with E-state index in [2.05, 4.69) is 4.72 Å². The molecule has 0 unspecified atom stereocenters. The fourth-order valence-corrected chi connectivity index (χ4v) is 5.73. The Balaban J connectivity index is 2.13. The van der Waals surface area contributed by atoms with Crippen LogP contribution in [-0.2, 0) is 19.1 Å². The summed E-state index contributed by atoms with van der Waals surface area (Å²) >= 11 is 1.17. The first-order valence-corrected chi connectivity index (χ1v) is 10.9. The zero-order valence-electron chi connectivity index (χ0n) is 10.5. The number of thioether (sulfide) groups is 1. The lowest BCUT2D eigenvalue weighted by Gasteiger charge is -2.10. The summed E-state index contributed by atoms with van der Waals surface area (Å²) < 4.78 is 48.8. The van der Waals surface area contributed by atoms with Gasteiger partial charge in [-0.2, -0.15) is 0 Å². The molecule has 1 N–H and O–H groups in total. The SMILES string of the molecule is O=S(=O)(Cl)CCSc1ccccc1S(=O)(=O)NC1CC1. The van der Waals surface area contributed by atoms with Gasteiger partial charge in [-0.05, 0) is 25.0 Å². The van der Waals surface area contributed by atoms with E-state index in [9.17, 15) is 16.8 Å². The van der Waals surface area contributed by atoms with Gasteiger partial charge in [-0.3, -0.25) is 0 Å². The van der Waals surface area contributed by atoms with Crippen molar-refractivity contribution in [2.24, 2.45) is 0 Å². The molecule has 20 heavy (non-hydrogen) atoms. The van der Waals surface area contributed by atoms with E-state index in [1.54, 1.807) is 18.2 Å². The number of hydrogen-bond acceptors (Lipinski definition) is 5. The van der Waals surface area contributed by atoms with Crippen LogP contribution in [0.4, 0.5) is 0 Å². The highest BCUT2D eigenvalue weighted by Crippen LogP contribution is 2.29. The van der Waals surface area contributed by atoms with Crippen molar-refractivity contribution in [2.75, 3.05) is 11.5 Å². The van der Waals surface area contributed by atoms with Crippen LogP contribution in [0.3, 0.4) is 0 Å². The summed E-state index contributed by atoms with van der Waals surface area (Å²) in [4.78, 5) is 0.713. The molecule has 1 aromatic carbocycles. The molecule has 112 valence electrons. The van der Waals surface area contributed by atoms with Crippen LogP contribution in [0.1, 0.15) is 12.8 Å². The first-order valence-electron chi connectivity index (χ1n) is 5.94. The Morgan fingerprint density at radius 2 is 1.85 bits per heavy atom. The van der Waals surface area contributed by atoms with Crippen LogP contribution in [0.5, 0.6) is 0 Å². The summed E-state index contributed by atoms with van der Waals surface area (Å²) in [7, 11) is -1.98. The van der Waals surface area contributed by atoms with E-state index in [1.807, 2.05) is 0 Å². The number of rotatable bonds is 7. The van der Waals surface area contributed by atoms with E-state index < -0.39 is 19.1 Å². The smallest absolute Gasteiger partial charge is 0.212 e. The van der Waals surface area contributed by atoms with Crippen LogP contribution in [-0.4, -0.2) is 34.4 Å². The fourth-order valence-electron chi connectivity index (χ4n) is 1.53. The van der Waals surface area contributed by atoms with Gasteiger partial charge in [-0.25, -0.2) is 21.6 Å². The van der Waals surface area contributed by atoms with Crippen molar-refractivity contribution in [1.82, 2.24) is 4.72 Å². The molecule has 9 heteroatoms. The highest BCUT2D eigenvalue weighted by atomic mass is 35.7. The highest BCUT2D eigenvalue weighted by molar-refractivity contribution is 8.14. The summed E-state index contributed by atoms with van der Waals surface area (Å²) in [6, 6.07) is 6.56. The lowest BCUT2D eigenvalue weighted by Crippen LogP contribution is -2.26. The number of halogens is 1. The molecule has 1 aliphatic rings. The lowest BCUT2D eigenvalue weighted by molar-refractivity contribution is 0.579. The third-order valence-corrected chi connectivity index (χ3v) is 6.82. The summed E-state index contributed by atoms with van der Waals surface area (Å²) in [6.45, 7) is 0. The summed E-state index contributed by atoms with van der Waals surface area (Å²) in [6.07, 6.45) is 1.72. The maximum absolute atomic E-state index is 12.2. The van der Waals surface area contributed by atoms with E-state index in [0.29, 0.717) is 4.90 Å². The minimum atomic E-state index is -3.57. The monoisotopic (exact) mass is 355 g/mol. The molecule has 0 saturated heterocycles. The minimum Gasteiger partial charge on any atom is -0.212 e. The molecule has 1 saturated carbocycles. The second kappa shape index (κ2) is 6.23. The predicted octanol–water partition coefficient (Wildman–Crippen LogP) is 1.79. The maximum atomic E-state index is 12.2. The number of benzene rings is 1. The second-order valence-electron chi connectivity index (χ2n) is 4.43. The molecule has 5 nitrogen and oxygen atoms in total. The topological polar surface area (TPSA) is 80.3 Å². The Kier molecular flexibility index (Phi) is 5.01. The van der Waals surface area contributed by atoms with Crippen molar-refractivity contribution >= 4 is 41.5 Å². The lowest BCUT2D eigenvalue weighted by atomic mass is 10.4. The van der Waals surface area contributed by atoms with Gasteiger partial charge in [0.05, 0.1) is 10.6 Å². The van der Waals surface area contributed by atoms with Gasteiger partial charge in [0.1, 0.15) is 0 Å². The third-order valence-electron chi connectivity index (χ3n) is 2.62. The third kappa shape index (κ3) is 4.92. The van der Waals surface area contributed by atoms with Crippen LogP contribution < -0.4 is 4.72 Å². The number of hydrogen-bond donors (Lipinski definition) is 1. The van der Waals surface area contributed by atoms with Crippen LogP contribution >= 0.6 is 22.4 Å². The molecule has 1 aliphatic carbocycles. The normalized spacial score (nSPS) is 16.2. The molecule has 2 rings (SSSR count). The predicted molar refractivity (Wildman–Crippen MR) is 80.1 cm³/mol. The molecule has 0 radical (unpaired) electrons. The van der Waals surface area contributed by atoms with Crippen LogP contribution in [0.15, 0.2) is 34.1 Å². The largest absolute Gasteiger partial charge is 0.241 e. The van der Waals surface area contributed by atoms with Crippen molar-refractivity contribution in [1.29, 1.82) is 0 Å². The Morgan fingerprint density at radius 3 is 2.45 bits per heavy atom. The van der Waals surface area contributed by atoms with Gasteiger partial charge >= 0.3 is 0 Å². The van der Waals surface area contributed by atoms with Gasteiger partial charge in [-0.15, -0.1) is 11.8 Å². The van der Waals surface area contributed by atoms with Crippen LogP contribution in [0, 0.1) is 0 Å². The molecule has 0 heterocycles. The summed E-state index contributed by atoms with van der Waals surface area (Å²) in [5.41, 5.74) is 0. The first kappa shape index (κ1) is 16.1. The minimum absolute atomic E-state index is 0.0290. The van der Waals surface area contributed by atoms with E-state index in [1.165, 1.54) is 17.8 Å². The average molecular weight is 356 g/mol.